The average Bonchev–Trinajstić information content (AvgIpc) is 2.65. The number of nitrogens with zero attached hydrogens (tertiary/aromatic N) is 3. The van der Waals surface area contributed by atoms with E-state index in [0.29, 0.717) is 5.69 Å². The van der Waals surface area contributed by atoms with Gasteiger partial charge in [0.2, 0.25) is 0 Å². The van der Waals surface area contributed by atoms with Gasteiger partial charge in [-0.3, -0.25) is 10.1 Å². The van der Waals surface area contributed by atoms with Crippen molar-refractivity contribution in [1.29, 1.82) is 0 Å². The van der Waals surface area contributed by atoms with Crippen molar-refractivity contribution in [2.75, 3.05) is 37.6 Å². The van der Waals surface area contributed by atoms with Gasteiger partial charge < -0.3 is 9.80 Å². The molecule has 1 aromatic carbocycles. The molecule has 6 heteroatoms. The zero-order valence-corrected chi connectivity index (χ0v) is 11.7. The SMILES string of the molecule is CCCN1CCCN(c2ccc(F)cc2[N+](=O)[O-])CC1. The second-order valence-electron chi connectivity index (χ2n) is 5.07. The van der Waals surface area contributed by atoms with E-state index in [1.54, 1.807) is 0 Å². The molecule has 1 aliphatic heterocycles. The number of rotatable bonds is 4. The summed E-state index contributed by atoms with van der Waals surface area (Å²) in [5.41, 5.74) is 0.378. The van der Waals surface area contributed by atoms with Crippen LogP contribution in [0.3, 0.4) is 0 Å². The van der Waals surface area contributed by atoms with Crippen molar-refractivity contribution >= 4 is 11.4 Å². The molecule has 0 N–H and O–H groups in total. The van der Waals surface area contributed by atoms with Gasteiger partial charge in [-0.25, -0.2) is 4.39 Å². The number of halogens is 1. The van der Waals surface area contributed by atoms with Gasteiger partial charge >= 0.3 is 0 Å². The first kappa shape index (κ1) is 14.7. The molecule has 20 heavy (non-hydrogen) atoms. The summed E-state index contributed by atoms with van der Waals surface area (Å²) < 4.78 is 13.2. The van der Waals surface area contributed by atoms with E-state index < -0.39 is 10.7 Å². The smallest absolute Gasteiger partial charge is 0.295 e. The van der Waals surface area contributed by atoms with Crippen LogP contribution in [-0.2, 0) is 0 Å². The van der Waals surface area contributed by atoms with Crippen LogP contribution in [0.4, 0.5) is 15.8 Å². The van der Waals surface area contributed by atoms with Crippen LogP contribution >= 0.6 is 0 Å². The van der Waals surface area contributed by atoms with Gasteiger partial charge in [-0.15, -0.1) is 0 Å². The molecule has 5 nitrogen and oxygen atoms in total. The van der Waals surface area contributed by atoms with Gasteiger partial charge in [0, 0.05) is 19.6 Å². The molecule has 0 amide bonds. The third kappa shape index (κ3) is 3.45. The van der Waals surface area contributed by atoms with E-state index in [9.17, 15) is 14.5 Å². The zero-order valence-electron chi connectivity index (χ0n) is 11.7. The second kappa shape index (κ2) is 6.65. The number of benzene rings is 1. The summed E-state index contributed by atoms with van der Waals surface area (Å²) in [4.78, 5) is 14.9. The maximum Gasteiger partial charge on any atom is 0.295 e. The molecule has 0 aromatic heterocycles. The fourth-order valence-electron chi connectivity index (χ4n) is 2.66. The highest BCUT2D eigenvalue weighted by atomic mass is 19.1. The first-order valence-electron chi connectivity index (χ1n) is 7.03. The third-order valence-corrected chi connectivity index (χ3v) is 3.60. The highest BCUT2D eigenvalue weighted by molar-refractivity contribution is 5.63. The van der Waals surface area contributed by atoms with Gasteiger partial charge in [-0.1, -0.05) is 6.92 Å². The Hall–Kier alpha value is -1.69. The minimum atomic E-state index is -0.567. The van der Waals surface area contributed by atoms with E-state index in [2.05, 4.69) is 11.8 Å². The first-order chi connectivity index (χ1) is 9.61. The van der Waals surface area contributed by atoms with Gasteiger partial charge in [-0.2, -0.15) is 0 Å². The lowest BCUT2D eigenvalue weighted by atomic mass is 10.2. The van der Waals surface area contributed by atoms with Gasteiger partial charge in [0.1, 0.15) is 11.5 Å². The number of hydrogen-bond acceptors (Lipinski definition) is 4. The van der Waals surface area contributed by atoms with Crippen molar-refractivity contribution in [3.63, 3.8) is 0 Å². The van der Waals surface area contributed by atoms with E-state index in [1.807, 2.05) is 4.90 Å². The highest BCUT2D eigenvalue weighted by Crippen LogP contribution is 2.29. The van der Waals surface area contributed by atoms with Crippen LogP contribution in [0, 0.1) is 15.9 Å². The maximum atomic E-state index is 13.2. The third-order valence-electron chi connectivity index (χ3n) is 3.60. The van der Waals surface area contributed by atoms with Crippen molar-refractivity contribution in [3.05, 3.63) is 34.1 Å². The largest absolute Gasteiger partial charge is 0.365 e. The van der Waals surface area contributed by atoms with Crippen LogP contribution in [0.25, 0.3) is 0 Å². The lowest BCUT2D eigenvalue weighted by Gasteiger charge is -2.23. The standard InChI is InChI=1S/C14H20FN3O2/c1-2-6-16-7-3-8-17(10-9-16)13-5-4-12(15)11-14(13)18(19)20/h4-5,11H,2-3,6-10H2,1H3. The molecule has 0 radical (unpaired) electrons. The summed E-state index contributed by atoms with van der Waals surface area (Å²) in [6.45, 7) is 6.62. The van der Waals surface area contributed by atoms with Crippen LogP contribution in [0.2, 0.25) is 0 Å². The molecule has 0 unspecified atom stereocenters. The minimum absolute atomic E-state index is 0.144. The normalized spacial score (nSPS) is 17.0. The van der Waals surface area contributed by atoms with Crippen molar-refractivity contribution in [3.8, 4) is 0 Å². The van der Waals surface area contributed by atoms with E-state index in [-0.39, 0.29) is 5.69 Å². The summed E-state index contributed by atoms with van der Waals surface area (Å²) in [6, 6.07) is 3.81. The number of hydrogen-bond donors (Lipinski definition) is 0. The molecule has 110 valence electrons. The molecule has 0 atom stereocenters. The minimum Gasteiger partial charge on any atom is -0.365 e. The van der Waals surface area contributed by atoms with Crippen LogP contribution in [0.1, 0.15) is 19.8 Å². The lowest BCUT2D eigenvalue weighted by Crippen LogP contribution is -2.31. The molecule has 2 rings (SSSR count). The van der Waals surface area contributed by atoms with E-state index in [4.69, 9.17) is 0 Å². The summed E-state index contributed by atoms with van der Waals surface area (Å²) in [6.07, 6.45) is 2.07. The van der Waals surface area contributed by atoms with E-state index in [0.717, 1.165) is 51.6 Å². The van der Waals surface area contributed by atoms with Crippen LogP contribution < -0.4 is 4.90 Å². The van der Waals surface area contributed by atoms with Gasteiger partial charge in [0.15, 0.2) is 0 Å². The average molecular weight is 281 g/mol. The first-order valence-corrected chi connectivity index (χ1v) is 7.03. The van der Waals surface area contributed by atoms with Gasteiger partial charge in [0.25, 0.3) is 5.69 Å². The summed E-state index contributed by atoms with van der Waals surface area (Å²) >= 11 is 0. The maximum absolute atomic E-state index is 13.2. The van der Waals surface area contributed by atoms with Crippen molar-refractivity contribution < 1.29 is 9.31 Å². The van der Waals surface area contributed by atoms with Crippen LogP contribution in [0.15, 0.2) is 18.2 Å². The highest BCUT2D eigenvalue weighted by Gasteiger charge is 2.22. The number of nitro benzene ring substituents is 1. The van der Waals surface area contributed by atoms with E-state index >= 15 is 0 Å². The number of anilines is 1. The Morgan fingerprint density at radius 2 is 2.10 bits per heavy atom. The Kier molecular flexibility index (Phi) is 4.89. The molecule has 0 saturated carbocycles. The Bertz CT molecular complexity index is 481. The lowest BCUT2D eigenvalue weighted by molar-refractivity contribution is -0.384. The predicted molar refractivity (Wildman–Crippen MR) is 76.6 cm³/mol. The molecule has 0 aliphatic carbocycles. The van der Waals surface area contributed by atoms with Crippen molar-refractivity contribution in [2.45, 2.75) is 19.8 Å². The molecule has 0 spiro atoms. The molecule has 1 aromatic rings. The molecular weight excluding hydrogens is 261 g/mol. The Balaban J connectivity index is 2.17. The summed E-state index contributed by atoms with van der Waals surface area (Å²) in [7, 11) is 0. The Labute approximate surface area is 118 Å². The number of nitro groups is 1. The second-order valence-corrected chi connectivity index (χ2v) is 5.07. The fraction of sp³-hybridized carbons (Fsp3) is 0.571. The Morgan fingerprint density at radius 1 is 1.30 bits per heavy atom. The summed E-state index contributed by atoms with van der Waals surface area (Å²) in [5, 5.41) is 11.1. The molecule has 0 bridgehead atoms. The topological polar surface area (TPSA) is 49.6 Å². The zero-order chi connectivity index (χ0) is 14.5. The van der Waals surface area contributed by atoms with E-state index in [1.165, 1.54) is 12.1 Å². The molecular formula is C14H20FN3O2. The quantitative estimate of drug-likeness (QED) is 0.629. The molecule has 1 fully saturated rings. The molecule has 1 heterocycles. The van der Waals surface area contributed by atoms with Crippen molar-refractivity contribution in [2.24, 2.45) is 0 Å². The van der Waals surface area contributed by atoms with Crippen LogP contribution in [0.5, 0.6) is 0 Å². The van der Waals surface area contributed by atoms with Gasteiger partial charge in [0.05, 0.1) is 11.0 Å². The van der Waals surface area contributed by atoms with Crippen LogP contribution in [-0.4, -0.2) is 42.5 Å². The molecule has 1 aliphatic rings. The molecule has 1 saturated heterocycles. The van der Waals surface area contributed by atoms with Crippen molar-refractivity contribution in [1.82, 2.24) is 4.90 Å². The van der Waals surface area contributed by atoms with Gasteiger partial charge in [-0.05, 0) is 38.1 Å². The predicted octanol–water partition coefficient (Wildman–Crippen LogP) is 2.66. The summed E-state index contributed by atoms with van der Waals surface area (Å²) in [5.74, 6) is -0.567. The monoisotopic (exact) mass is 281 g/mol. The Morgan fingerprint density at radius 3 is 2.80 bits per heavy atom. The fourth-order valence-corrected chi connectivity index (χ4v) is 2.66.